The molecule has 1 atom stereocenters. The molecule has 5 heteroatoms. The van der Waals surface area contributed by atoms with E-state index in [2.05, 4.69) is 0 Å². The van der Waals surface area contributed by atoms with Crippen LogP contribution in [-0.2, 0) is 16.0 Å². The Morgan fingerprint density at radius 1 is 1.42 bits per heavy atom. The molecule has 1 aliphatic heterocycles. The van der Waals surface area contributed by atoms with Crippen LogP contribution in [0.5, 0.6) is 5.75 Å². The molecule has 1 fully saturated rings. The summed E-state index contributed by atoms with van der Waals surface area (Å²) in [7, 11) is 0. The topological polar surface area (TPSA) is 75.8 Å². The molecule has 19 heavy (non-hydrogen) atoms. The van der Waals surface area contributed by atoms with Crippen LogP contribution in [0.2, 0.25) is 0 Å². The lowest BCUT2D eigenvalue weighted by molar-refractivity contribution is -0.139. The van der Waals surface area contributed by atoms with Crippen LogP contribution in [-0.4, -0.2) is 48.8 Å². The van der Waals surface area contributed by atoms with Crippen LogP contribution < -0.4 is 5.73 Å². The summed E-state index contributed by atoms with van der Waals surface area (Å²) >= 11 is 0. The fourth-order valence-corrected chi connectivity index (χ4v) is 2.28. The van der Waals surface area contributed by atoms with Gasteiger partial charge in [-0.25, -0.2) is 0 Å². The Bertz CT molecular complexity index is 430. The molecule has 1 unspecified atom stereocenters. The van der Waals surface area contributed by atoms with Gasteiger partial charge in [-0.2, -0.15) is 0 Å². The zero-order valence-electron chi connectivity index (χ0n) is 10.9. The van der Waals surface area contributed by atoms with Gasteiger partial charge in [-0.1, -0.05) is 12.1 Å². The van der Waals surface area contributed by atoms with Gasteiger partial charge in [-0.05, 0) is 24.1 Å². The molecule has 1 aromatic carbocycles. The Labute approximate surface area is 113 Å². The fraction of sp³-hybridized carbons (Fsp3) is 0.500. The highest BCUT2D eigenvalue weighted by Gasteiger charge is 2.24. The second-order valence-electron chi connectivity index (χ2n) is 4.74. The van der Waals surface area contributed by atoms with Gasteiger partial charge >= 0.3 is 0 Å². The summed E-state index contributed by atoms with van der Waals surface area (Å²) in [6.45, 7) is 2.76. The maximum absolute atomic E-state index is 12.3. The van der Waals surface area contributed by atoms with Crippen LogP contribution in [0.15, 0.2) is 24.3 Å². The quantitative estimate of drug-likeness (QED) is 0.823. The van der Waals surface area contributed by atoms with Gasteiger partial charge in [-0.15, -0.1) is 0 Å². The molecule has 1 amide bonds. The van der Waals surface area contributed by atoms with E-state index in [0.29, 0.717) is 39.3 Å². The second kappa shape index (κ2) is 6.54. The van der Waals surface area contributed by atoms with Gasteiger partial charge < -0.3 is 20.5 Å². The van der Waals surface area contributed by atoms with Crippen molar-refractivity contribution in [1.29, 1.82) is 0 Å². The van der Waals surface area contributed by atoms with Crippen molar-refractivity contribution in [3.05, 3.63) is 29.8 Å². The third-order valence-corrected chi connectivity index (χ3v) is 3.35. The van der Waals surface area contributed by atoms with Crippen LogP contribution in [0, 0.1) is 5.92 Å². The standard InChI is InChI=1S/C14H20N2O3/c15-10-12(8-11-2-1-3-13(17)9-11)14(18)16-4-6-19-7-5-16/h1-3,9,12,17H,4-8,10,15H2. The summed E-state index contributed by atoms with van der Waals surface area (Å²) in [4.78, 5) is 14.2. The van der Waals surface area contributed by atoms with Gasteiger partial charge in [-0.3, -0.25) is 4.79 Å². The lowest BCUT2D eigenvalue weighted by Crippen LogP contribution is -2.45. The first-order valence-electron chi connectivity index (χ1n) is 6.55. The van der Waals surface area contributed by atoms with E-state index in [1.54, 1.807) is 18.2 Å². The molecule has 1 heterocycles. The van der Waals surface area contributed by atoms with Crippen molar-refractivity contribution in [2.45, 2.75) is 6.42 Å². The maximum Gasteiger partial charge on any atom is 0.227 e. The first-order valence-corrected chi connectivity index (χ1v) is 6.55. The normalized spacial score (nSPS) is 17.2. The van der Waals surface area contributed by atoms with E-state index >= 15 is 0 Å². The molecule has 0 saturated carbocycles. The van der Waals surface area contributed by atoms with Crippen molar-refractivity contribution in [2.75, 3.05) is 32.8 Å². The molecule has 0 aromatic heterocycles. The van der Waals surface area contributed by atoms with Crippen LogP contribution in [0.1, 0.15) is 5.56 Å². The number of rotatable bonds is 4. The van der Waals surface area contributed by atoms with Crippen molar-refractivity contribution in [3.8, 4) is 5.75 Å². The second-order valence-corrected chi connectivity index (χ2v) is 4.74. The number of carbonyl (C=O) groups excluding carboxylic acids is 1. The molecule has 0 aliphatic carbocycles. The van der Waals surface area contributed by atoms with E-state index in [0.717, 1.165) is 5.56 Å². The monoisotopic (exact) mass is 264 g/mol. The minimum Gasteiger partial charge on any atom is -0.508 e. The minimum atomic E-state index is -0.236. The van der Waals surface area contributed by atoms with Gasteiger partial charge in [0.15, 0.2) is 0 Å². The average Bonchev–Trinajstić information content (AvgIpc) is 2.45. The first kappa shape index (κ1) is 13.8. The number of morpholine rings is 1. The predicted octanol–water partition coefficient (Wildman–Crippen LogP) is 0.368. The highest BCUT2D eigenvalue weighted by atomic mass is 16.5. The van der Waals surface area contributed by atoms with E-state index in [1.807, 2.05) is 11.0 Å². The third kappa shape index (κ3) is 3.68. The Hall–Kier alpha value is -1.59. The van der Waals surface area contributed by atoms with Gasteiger partial charge in [0, 0.05) is 19.6 Å². The molecule has 3 N–H and O–H groups in total. The smallest absolute Gasteiger partial charge is 0.227 e. The first-order chi connectivity index (χ1) is 9.20. The van der Waals surface area contributed by atoms with Crippen LogP contribution >= 0.6 is 0 Å². The molecule has 1 aliphatic rings. The lowest BCUT2D eigenvalue weighted by Gasteiger charge is -2.30. The summed E-state index contributed by atoms with van der Waals surface area (Å²) in [5, 5.41) is 9.44. The number of hydrogen-bond donors (Lipinski definition) is 2. The Morgan fingerprint density at radius 2 is 2.16 bits per heavy atom. The van der Waals surface area contributed by atoms with E-state index in [4.69, 9.17) is 10.5 Å². The Balaban J connectivity index is 2.00. The lowest BCUT2D eigenvalue weighted by atomic mass is 9.97. The van der Waals surface area contributed by atoms with Gasteiger partial charge in [0.05, 0.1) is 19.1 Å². The SMILES string of the molecule is NCC(Cc1cccc(O)c1)C(=O)N1CCOCC1. The number of hydrogen-bond acceptors (Lipinski definition) is 4. The van der Waals surface area contributed by atoms with E-state index in [1.165, 1.54) is 0 Å². The average molecular weight is 264 g/mol. The number of benzene rings is 1. The van der Waals surface area contributed by atoms with Gasteiger partial charge in [0.1, 0.15) is 5.75 Å². The van der Waals surface area contributed by atoms with E-state index < -0.39 is 0 Å². The summed E-state index contributed by atoms with van der Waals surface area (Å²) in [6, 6.07) is 6.96. The Kier molecular flexibility index (Phi) is 4.76. The molecule has 104 valence electrons. The van der Waals surface area contributed by atoms with Crippen molar-refractivity contribution in [3.63, 3.8) is 0 Å². The number of phenolic OH excluding ortho intramolecular Hbond substituents is 1. The van der Waals surface area contributed by atoms with Gasteiger partial charge in [0.2, 0.25) is 5.91 Å². The highest BCUT2D eigenvalue weighted by Crippen LogP contribution is 2.16. The largest absolute Gasteiger partial charge is 0.508 e. The van der Waals surface area contributed by atoms with Crippen molar-refractivity contribution in [1.82, 2.24) is 4.90 Å². The predicted molar refractivity (Wildman–Crippen MR) is 71.8 cm³/mol. The molecule has 0 bridgehead atoms. The summed E-state index contributed by atoms with van der Waals surface area (Å²) in [6.07, 6.45) is 0.557. The number of phenols is 1. The molecular formula is C14H20N2O3. The number of ether oxygens (including phenoxy) is 1. The van der Waals surface area contributed by atoms with Crippen LogP contribution in [0.25, 0.3) is 0 Å². The zero-order chi connectivity index (χ0) is 13.7. The van der Waals surface area contributed by atoms with E-state index in [9.17, 15) is 9.90 Å². The number of aromatic hydroxyl groups is 1. The maximum atomic E-state index is 12.3. The van der Waals surface area contributed by atoms with Crippen molar-refractivity contribution in [2.24, 2.45) is 11.7 Å². The molecule has 0 radical (unpaired) electrons. The number of carbonyl (C=O) groups is 1. The molecule has 5 nitrogen and oxygen atoms in total. The number of amides is 1. The van der Waals surface area contributed by atoms with Crippen molar-refractivity contribution < 1.29 is 14.6 Å². The summed E-state index contributed by atoms with van der Waals surface area (Å²) in [5.41, 5.74) is 6.65. The van der Waals surface area contributed by atoms with Crippen LogP contribution in [0.3, 0.4) is 0 Å². The molecule has 1 aromatic rings. The highest BCUT2D eigenvalue weighted by molar-refractivity contribution is 5.79. The van der Waals surface area contributed by atoms with Crippen LogP contribution in [0.4, 0.5) is 0 Å². The molecule has 1 saturated heterocycles. The fourth-order valence-electron chi connectivity index (χ4n) is 2.28. The molecular weight excluding hydrogens is 244 g/mol. The molecule has 0 spiro atoms. The minimum absolute atomic E-state index is 0.0779. The third-order valence-electron chi connectivity index (χ3n) is 3.35. The van der Waals surface area contributed by atoms with Crippen molar-refractivity contribution >= 4 is 5.91 Å². The zero-order valence-corrected chi connectivity index (χ0v) is 10.9. The number of nitrogens with zero attached hydrogens (tertiary/aromatic N) is 1. The van der Waals surface area contributed by atoms with E-state index in [-0.39, 0.29) is 17.6 Å². The molecule has 2 rings (SSSR count). The van der Waals surface area contributed by atoms with Gasteiger partial charge in [0.25, 0.3) is 0 Å². The number of nitrogens with two attached hydrogens (primary N) is 1. The Morgan fingerprint density at radius 3 is 2.79 bits per heavy atom. The summed E-state index contributed by atoms with van der Waals surface area (Å²) < 4.78 is 5.24. The summed E-state index contributed by atoms with van der Waals surface area (Å²) in [5.74, 6) is 0.0566.